The molecule has 0 amide bonds. The van der Waals surface area contributed by atoms with Gasteiger partial charge in [0.1, 0.15) is 0 Å². The van der Waals surface area contributed by atoms with Crippen LogP contribution in [0, 0.1) is 0 Å². The van der Waals surface area contributed by atoms with E-state index < -0.39 is 0 Å². The zero-order valence-electron chi connectivity index (χ0n) is 5.96. The molecule has 2 aliphatic heterocycles. The smallest absolute Gasteiger partial charge is 0.0511 e. The first-order chi connectivity index (χ1) is 4.27. The Bertz CT molecular complexity index is 162. The summed E-state index contributed by atoms with van der Waals surface area (Å²) in [4.78, 5) is 4.65. The summed E-state index contributed by atoms with van der Waals surface area (Å²) in [5.74, 6) is 0. The molecule has 2 heterocycles. The van der Waals surface area contributed by atoms with Crippen molar-refractivity contribution in [1.29, 1.82) is 0 Å². The monoisotopic (exact) mass is 124 g/mol. The highest BCUT2D eigenvalue weighted by Gasteiger charge is 2.31. The van der Waals surface area contributed by atoms with Crippen molar-refractivity contribution in [2.24, 2.45) is 0 Å². The first kappa shape index (κ1) is 5.15. The molecule has 0 aromatic carbocycles. The SMILES string of the molecule is CN1CC2CC1=CN2C. The Morgan fingerprint density at radius 3 is 2.67 bits per heavy atom. The molecular weight excluding hydrogens is 112 g/mol. The van der Waals surface area contributed by atoms with Crippen LogP contribution < -0.4 is 0 Å². The van der Waals surface area contributed by atoms with Gasteiger partial charge in [0.15, 0.2) is 0 Å². The average molecular weight is 124 g/mol. The number of nitrogens with zero attached hydrogens (tertiary/aromatic N) is 2. The summed E-state index contributed by atoms with van der Waals surface area (Å²) in [6, 6.07) is 0.782. The molecule has 2 aliphatic rings. The van der Waals surface area contributed by atoms with Gasteiger partial charge in [0, 0.05) is 39.0 Å². The van der Waals surface area contributed by atoms with Crippen LogP contribution in [0.5, 0.6) is 0 Å². The summed E-state index contributed by atoms with van der Waals surface area (Å²) in [6.45, 7) is 1.22. The van der Waals surface area contributed by atoms with Gasteiger partial charge in [-0.3, -0.25) is 0 Å². The maximum absolute atomic E-state index is 2.34. The fraction of sp³-hybridized carbons (Fsp3) is 0.714. The Hall–Kier alpha value is -0.660. The van der Waals surface area contributed by atoms with Crippen molar-refractivity contribution < 1.29 is 0 Å². The molecule has 9 heavy (non-hydrogen) atoms. The van der Waals surface area contributed by atoms with Gasteiger partial charge in [-0.2, -0.15) is 0 Å². The predicted molar refractivity (Wildman–Crippen MR) is 36.9 cm³/mol. The number of likely N-dealkylation sites (N-methyl/N-ethyl adjacent to an activating group) is 2. The summed E-state index contributed by atoms with van der Waals surface area (Å²) < 4.78 is 0. The van der Waals surface area contributed by atoms with Gasteiger partial charge in [-0.1, -0.05) is 0 Å². The van der Waals surface area contributed by atoms with Gasteiger partial charge < -0.3 is 9.80 Å². The number of rotatable bonds is 0. The summed E-state index contributed by atoms with van der Waals surface area (Å²) in [6.07, 6.45) is 3.52. The second-order valence-electron chi connectivity index (χ2n) is 3.02. The van der Waals surface area contributed by atoms with E-state index in [9.17, 15) is 0 Å². The third kappa shape index (κ3) is 0.560. The van der Waals surface area contributed by atoms with Crippen LogP contribution in [0.25, 0.3) is 0 Å². The third-order valence-electron chi connectivity index (χ3n) is 2.35. The Morgan fingerprint density at radius 1 is 1.56 bits per heavy atom. The van der Waals surface area contributed by atoms with E-state index in [0.29, 0.717) is 0 Å². The van der Waals surface area contributed by atoms with Crippen LogP contribution in [0.3, 0.4) is 0 Å². The highest BCUT2D eigenvalue weighted by atomic mass is 15.3. The van der Waals surface area contributed by atoms with E-state index in [-0.39, 0.29) is 0 Å². The highest BCUT2D eigenvalue weighted by Crippen LogP contribution is 2.29. The minimum atomic E-state index is 0.782. The van der Waals surface area contributed by atoms with E-state index in [1.54, 1.807) is 0 Å². The van der Waals surface area contributed by atoms with Crippen LogP contribution in [0.1, 0.15) is 6.42 Å². The largest absolute Gasteiger partial charge is 0.375 e. The molecule has 50 valence electrons. The van der Waals surface area contributed by atoms with Gasteiger partial charge >= 0.3 is 0 Å². The zero-order chi connectivity index (χ0) is 6.43. The van der Waals surface area contributed by atoms with Gasteiger partial charge in [0.2, 0.25) is 0 Å². The molecule has 0 N–H and O–H groups in total. The Kier molecular flexibility index (Phi) is 0.821. The lowest BCUT2D eigenvalue weighted by atomic mass is 10.3. The van der Waals surface area contributed by atoms with E-state index in [4.69, 9.17) is 0 Å². The molecule has 0 aliphatic carbocycles. The standard InChI is InChI=1S/C7H12N2/c1-8-4-7-3-6(8)5-9(7)2/h4,6H,3,5H2,1-2H3. The van der Waals surface area contributed by atoms with Gasteiger partial charge in [-0.25, -0.2) is 0 Å². The highest BCUT2D eigenvalue weighted by molar-refractivity contribution is 5.16. The number of fused-ring (bicyclic) bond motifs is 2. The fourth-order valence-electron chi connectivity index (χ4n) is 1.66. The molecule has 0 aromatic heterocycles. The van der Waals surface area contributed by atoms with Crippen molar-refractivity contribution in [1.82, 2.24) is 9.80 Å². The lowest BCUT2D eigenvalue weighted by molar-refractivity contribution is 0.301. The van der Waals surface area contributed by atoms with Crippen LogP contribution in [-0.4, -0.2) is 36.5 Å². The summed E-state index contributed by atoms with van der Waals surface area (Å²) in [7, 11) is 4.32. The number of likely N-dealkylation sites (tertiary alicyclic amines) is 1. The lowest BCUT2D eigenvalue weighted by Crippen LogP contribution is -2.31. The molecule has 2 nitrogen and oxygen atoms in total. The van der Waals surface area contributed by atoms with Crippen molar-refractivity contribution in [3.8, 4) is 0 Å². The maximum atomic E-state index is 2.34. The van der Waals surface area contributed by atoms with Crippen LogP contribution in [-0.2, 0) is 0 Å². The van der Waals surface area contributed by atoms with Crippen LogP contribution in [0.15, 0.2) is 11.9 Å². The van der Waals surface area contributed by atoms with Gasteiger partial charge in [0.25, 0.3) is 0 Å². The summed E-state index contributed by atoms with van der Waals surface area (Å²) in [5.41, 5.74) is 1.50. The first-order valence-electron chi connectivity index (χ1n) is 3.41. The predicted octanol–water partition coefficient (Wildman–Crippen LogP) is 0.477. The fourth-order valence-corrected chi connectivity index (χ4v) is 1.66. The normalized spacial score (nSPS) is 31.8. The Balaban J connectivity index is 2.27. The third-order valence-corrected chi connectivity index (χ3v) is 2.35. The van der Waals surface area contributed by atoms with Crippen molar-refractivity contribution in [3.05, 3.63) is 11.9 Å². The zero-order valence-corrected chi connectivity index (χ0v) is 5.96. The molecule has 1 saturated heterocycles. The maximum Gasteiger partial charge on any atom is 0.0511 e. The second-order valence-corrected chi connectivity index (χ2v) is 3.02. The minimum absolute atomic E-state index is 0.782. The van der Waals surface area contributed by atoms with Crippen molar-refractivity contribution in [3.63, 3.8) is 0 Å². The van der Waals surface area contributed by atoms with Gasteiger partial charge in [0.05, 0.1) is 6.04 Å². The molecule has 1 unspecified atom stereocenters. The number of hydrogen-bond donors (Lipinski definition) is 0. The van der Waals surface area contributed by atoms with Crippen molar-refractivity contribution in [2.75, 3.05) is 20.6 Å². The Labute approximate surface area is 55.7 Å². The van der Waals surface area contributed by atoms with Crippen LogP contribution in [0.2, 0.25) is 0 Å². The lowest BCUT2D eigenvalue weighted by Gasteiger charge is -2.24. The molecule has 0 spiro atoms. The van der Waals surface area contributed by atoms with E-state index in [1.807, 2.05) is 0 Å². The quantitative estimate of drug-likeness (QED) is 0.463. The number of hydrogen-bond acceptors (Lipinski definition) is 2. The molecule has 0 aromatic rings. The van der Waals surface area contributed by atoms with Gasteiger partial charge in [-0.05, 0) is 0 Å². The molecule has 2 heteroatoms. The van der Waals surface area contributed by atoms with Crippen molar-refractivity contribution >= 4 is 0 Å². The van der Waals surface area contributed by atoms with E-state index in [2.05, 4.69) is 30.1 Å². The van der Waals surface area contributed by atoms with Crippen LogP contribution >= 0.6 is 0 Å². The van der Waals surface area contributed by atoms with E-state index >= 15 is 0 Å². The molecular formula is C7H12N2. The van der Waals surface area contributed by atoms with Gasteiger partial charge in [-0.15, -0.1) is 0 Å². The summed E-state index contributed by atoms with van der Waals surface area (Å²) in [5, 5.41) is 0. The molecule has 2 rings (SSSR count). The molecule has 1 atom stereocenters. The van der Waals surface area contributed by atoms with Crippen LogP contribution in [0.4, 0.5) is 0 Å². The Morgan fingerprint density at radius 2 is 2.33 bits per heavy atom. The minimum Gasteiger partial charge on any atom is -0.375 e. The summed E-state index contributed by atoms with van der Waals surface area (Å²) >= 11 is 0. The molecule has 2 bridgehead atoms. The topological polar surface area (TPSA) is 6.48 Å². The molecule has 0 saturated carbocycles. The first-order valence-corrected chi connectivity index (χ1v) is 3.41. The molecule has 0 radical (unpaired) electrons. The average Bonchev–Trinajstić information content (AvgIpc) is 2.24. The van der Waals surface area contributed by atoms with E-state index in [0.717, 1.165) is 6.04 Å². The van der Waals surface area contributed by atoms with Crippen molar-refractivity contribution in [2.45, 2.75) is 12.5 Å². The second kappa shape index (κ2) is 1.43. The van der Waals surface area contributed by atoms with E-state index in [1.165, 1.54) is 18.7 Å². The molecule has 1 fully saturated rings.